The van der Waals surface area contributed by atoms with Crippen LogP contribution in [-0.4, -0.2) is 13.6 Å². The lowest BCUT2D eigenvalue weighted by molar-refractivity contribution is 0.104. The Balaban J connectivity index is 2.24. The van der Waals surface area contributed by atoms with Crippen molar-refractivity contribution in [2.45, 2.75) is 0 Å². The Morgan fingerprint density at radius 2 is 1.61 bits per heavy atom. The van der Waals surface area contributed by atoms with Crippen molar-refractivity contribution in [3.8, 4) is 0 Å². The van der Waals surface area contributed by atoms with E-state index in [1.54, 1.807) is 24.3 Å². The normalized spacial score (nSPS) is 11.3. The van der Waals surface area contributed by atoms with Crippen LogP contribution in [0.15, 0.2) is 58.2 Å². The molecule has 0 bridgehead atoms. The van der Waals surface area contributed by atoms with Crippen LogP contribution >= 0.6 is 22.6 Å². The van der Waals surface area contributed by atoms with Crippen molar-refractivity contribution < 1.29 is 4.79 Å². The molecule has 2 aromatic carbocycles. The van der Waals surface area contributed by atoms with Crippen molar-refractivity contribution in [2.75, 3.05) is 0 Å². The highest BCUT2D eigenvalue weighted by Crippen LogP contribution is 2.18. The summed E-state index contributed by atoms with van der Waals surface area (Å²) in [6, 6.07) is 16.7. The van der Waals surface area contributed by atoms with Crippen LogP contribution in [-0.2, 0) is 0 Å². The molecule has 0 N–H and O–H groups in total. The number of carbonyl (C=O) groups excluding carboxylic acids is 1. The molecule has 0 saturated carbocycles. The fourth-order valence-corrected chi connectivity index (χ4v) is 2.20. The van der Waals surface area contributed by atoms with Gasteiger partial charge in [-0.1, -0.05) is 60.1 Å². The third-order valence-corrected chi connectivity index (χ3v) is 3.28. The molecule has 0 unspecified atom stereocenters. The van der Waals surface area contributed by atoms with Crippen LogP contribution in [0.3, 0.4) is 0 Å². The van der Waals surface area contributed by atoms with Crippen molar-refractivity contribution >= 4 is 47.8 Å². The third-order valence-electron chi connectivity index (χ3n) is 2.48. The van der Waals surface area contributed by atoms with Gasteiger partial charge in [0.25, 0.3) is 0 Å². The molecule has 1 nitrogen and oxygen atoms in total. The van der Waals surface area contributed by atoms with Crippen molar-refractivity contribution in [3.63, 3.8) is 0 Å². The first kappa shape index (κ1) is 13.1. The van der Waals surface area contributed by atoms with Crippen LogP contribution in [0, 0.1) is 0 Å². The Bertz CT molecular complexity index is 573. The van der Waals surface area contributed by atoms with E-state index in [0.717, 1.165) is 5.56 Å². The van der Waals surface area contributed by atoms with E-state index in [-0.39, 0.29) is 5.78 Å². The molecule has 3 heteroatoms. The number of hydrogen-bond acceptors (Lipinski definition) is 1. The molecular formula is C15H10BIO. The van der Waals surface area contributed by atoms with Gasteiger partial charge in [0.2, 0.25) is 0 Å². The van der Waals surface area contributed by atoms with Gasteiger partial charge in [0.1, 0.15) is 7.85 Å². The Morgan fingerprint density at radius 1 is 1.00 bits per heavy atom. The highest BCUT2D eigenvalue weighted by Gasteiger charge is 2.08. The smallest absolute Gasteiger partial charge is 0.199 e. The first-order valence-corrected chi connectivity index (χ1v) is 6.57. The maximum Gasteiger partial charge on any atom is 0.199 e. The molecule has 0 atom stereocenters. The number of rotatable bonds is 3. The SMILES string of the molecule is [B]c1ccc(C(=O)C(I)=Cc2ccccc2)cc1. The molecule has 86 valence electrons. The fourth-order valence-electron chi connectivity index (χ4n) is 1.53. The highest BCUT2D eigenvalue weighted by atomic mass is 127. The summed E-state index contributed by atoms with van der Waals surface area (Å²) in [6.07, 6.45) is 1.87. The van der Waals surface area contributed by atoms with Crippen molar-refractivity contribution in [1.82, 2.24) is 0 Å². The van der Waals surface area contributed by atoms with E-state index in [1.165, 1.54) is 0 Å². The second kappa shape index (κ2) is 6.00. The van der Waals surface area contributed by atoms with Crippen molar-refractivity contribution in [2.24, 2.45) is 0 Å². The van der Waals surface area contributed by atoms with E-state index >= 15 is 0 Å². The molecule has 0 amide bonds. The molecule has 0 heterocycles. The van der Waals surface area contributed by atoms with E-state index in [4.69, 9.17) is 7.85 Å². The molecule has 0 aliphatic carbocycles. The number of allylic oxidation sites excluding steroid dienone is 1. The Hall–Kier alpha value is -1.36. The zero-order chi connectivity index (χ0) is 13.0. The standard InChI is InChI=1S/C15H10BIO/c16-13-8-6-12(7-9-13)15(18)14(17)10-11-4-2-1-3-5-11/h1-10H. The number of Topliss-reactive ketones (excluding diaryl/α,β-unsaturated/α-hetero) is 1. The maximum absolute atomic E-state index is 12.1. The summed E-state index contributed by atoms with van der Waals surface area (Å²) >= 11 is 2.06. The lowest BCUT2D eigenvalue weighted by Gasteiger charge is -2.01. The minimum atomic E-state index is 0.0134. The summed E-state index contributed by atoms with van der Waals surface area (Å²) < 4.78 is 0.684. The molecule has 0 aromatic heterocycles. The maximum atomic E-state index is 12.1. The molecule has 2 aromatic rings. The fraction of sp³-hybridized carbons (Fsp3) is 0. The lowest BCUT2D eigenvalue weighted by atomic mass is 9.94. The van der Waals surface area contributed by atoms with Crippen LogP contribution < -0.4 is 5.46 Å². The van der Waals surface area contributed by atoms with Crippen molar-refractivity contribution in [3.05, 3.63) is 69.3 Å². The van der Waals surface area contributed by atoms with Gasteiger partial charge in [-0.05, 0) is 34.2 Å². The van der Waals surface area contributed by atoms with Gasteiger partial charge in [-0.3, -0.25) is 4.79 Å². The van der Waals surface area contributed by atoms with Gasteiger partial charge in [0.15, 0.2) is 5.78 Å². The molecular weight excluding hydrogens is 334 g/mol. The van der Waals surface area contributed by atoms with Crippen LogP contribution in [0.25, 0.3) is 6.08 Å². The summed E-state index contributed by atoms with van der Waals surface area (Å²) in [4.78, 5) is 12.1. The summed E-state index contributed by atoms with van der Waals surface area (Å²) in [5, 5.41) is 0. The van der Waals surface area contributed by atoms with E-state index in [1.807, 2.05) is 36.4 Å². The molecule has 0 spiro atoms. The molecule has 18 heavy (non-hydrogen) atoms. The summed E-state index contributed by atoms with van der Waals surface area (Å²) in [6.45, 7) is 0. The summed E-state index contributed by atoms with van der Waals surface area (Å²) in [5.74, 6) is 0.0134. The average Bonchev–Trinajstić information content (AvgIpc) is 2.40. The number of halogens is 1. The average molecular weight is 344 g/mol. The second-order valence-electron chi connectivity index (χ2n) is 3.85. The molecule has 0 aliphatic rings. The van der Waals surface area contributed by atoms with E-state index in [2.05, 4.69) is 22.6 Å². The van der Waals surface area contributed by atoms with Gasteiger partial charge in [0.05, 0.1) is 3.58 Å². The Labute approximate surface area is 121 Å². The molecule has 0 saturated heterocycles. The third kappa shape index (κ3) is 3.32. The summed E-state index contributed by atoms with van der Waals surface area (Å²) in [5.41, 5.74) is 2.33. The van der Waals surface area contributed by atoms with Gasteiger partial charge in [0, 0.05) is 5.56 Å². The lowest BCUT2D eigenvalue weighted by Crippen LogP contribution is -2.04. The molecule has 0 fully saturated rings. The van der Waals surface area contributed by atoms with Crippen molar-refractivity contribution in [1.29, 1.82) is 0 Å². The second-order valence-corrected chi connectivity index (χ2v) is 5.02. The van der Waals surface area contributed by atoms with Crippen LogP contribution in [0.1, 0.15) is 15.9 Å². The van der Waals surface area contributed by atoms with E-state index in [9.17, 15) is 4.79 Å². The number of hydrogen-bond donors (Lipinski definition) is 0. The zero-order valence-electron chi connectivity index (χ0n) is 9.64. The van der Waals surface area contributed by atoms with E-state index in [0.29, 0.717) is 14.6 Å². The van der Waals surface area contributed by atoms with E-state index < -0.39 is 0 Å². The molecule has 2 radical (unpaired) electrons. The predicted octanol–water partition coefficient (Wildman–Crippen LogP) is 3.14. The first-order valence-electron chi connectivity index (χ1n) is 5.49. The van der Waals surface area contributed by atoms with Gasteiger partial charge in [-0.25, -0.2) is 0 Å². The van der Waals surface area contributed by atoms with Gasteiger partial charge < -0.3 is 0 Å². The minimum Gasteiger partial charge on any atom is -0.288 e. The molecule has 2 rings (SSSR count). The zero-order valence-corrected chi connectivity index (χ0v) is 11.8. The van der Waals surface area contributed by atoms with Gasteiger partial charge >= 0.3 is 0 Å². The molecule has 0 aliphatic heterocycles. The van der Waals surface area contributed by atoms with Crippen LogP contribution in [0.2, 0.25) is 0 Å². The summed E-state index contributed by atoms with van der Waals surface area (Å²) in [7, 11) is 5.60. The first-order chi connectivity index (χ1) is 8.66. The topological polar surface area (TPSA) is 17.1 Å². The Morgan fingerprint density at radius 3 is 2.22 bits per heavy atom. The monoisotopic (exact) mass is 344 g/mol. The van der Waals surface area contributed by atoms with Gasteiger partial charge in [-0.2, -0.15) is 0 Å². The minimum absolute atomic E-state index is 0.0134. The number of benzene rings is 2. The number of carbonyl (C=O) groups is 1. The van der Waals surface area contributed by atoms with Crippen LogP contribution in [0.5, 0.6) is 0 Å². The predicted molar refractivity (Wildman–Crippen MR) is 84.6 cm³/mol. The largest absolute Gasteiger partial charge is 0.288 e. The van der Waals surface area contributed by atoms with Crippen LogP contribution in [0.4, 0.5) is 0 Å². The Kier molecular flexibility index (Phi) is 4.36. The number of ketones is 1. The highest BCUT2D eigenvalue weighted by molar-refractivity contribution is 14.1. The van der Waals surface area contributed by atoms with Gasteiger partial charge in [-0.15, -0.1) is 0 Å². The quantitative estimate of drug-likeness (QED) is 0.362.